The Labute approximate surface area is 269 Å². The van der Waals surface area contributed by atoms with E-state index in [9.17, 15) is 23.6 Å². The van der Waals surface area contributed by atoms with Crippen molar-refractivity contribution in [3.8, 4) is 0 Å². The highest BCUT2D eigenvalue weighted by molar-refractivity contribution is 8.44. The van der Waals surface area contributed by atoms with Crippen LogP contribution < -0.4 is 21.9 Å². The van der Waals surface area contributed by atoms with Gasteiger partial charge in [-0.3, -0.25) is 32.7 Å². The van der Waals surface area contributed by atoms with Crippen molar-refractivity contribution < 1.29 is 41.9 Å². The Morgan fingerprint density at radius 3 is 2.69 bits per heavy atom. The van der Waals surface area contributed by atoms with E-state index in [1.807, 2.05) is 0 Å². The third kappa shape index (κ3) is 8.20. The average Bonchev–Trinajstić information content (AvgIpc) is 3.69. The first kappa shape index (κ1) is 34.1. The lowest BCUT2D eigenvalue weighted by molar-refractivity contribution is -0.0220. The zero-order chi connectivity index (χ0) is 32.5. The van der Waals surface area contributed by atoms with Crippen LogP contribution in [0.4, 0.5) is 17.6 Å². The molecule has 0 aliphatic carbocycles. The maximum atomic E-state index is 13.4. The molecule has 2 aliphatic heterocycles. The van der Waals surface area contributed by atoms with E-state index in [1.165, 1.54) is 17.6 Å². The minimum Gasteiger partial charge on any atom is -0.383 e. The van der Waals surface area contributed by atoms with Crippen LogP contribution in [0.5, 0.6) is 0 Å². The number of nitrogen functional groups attached to an aromatic ring is 2. The predicted octanol–water partition coefficient (Wildman–Crippen LogP) is 1.77. The van der Waals surface area contributed by atoms with Crippen molar-refractivity contribution in [1.29, 1.82) is 0 Å². The summed E-state index contributed by atoms with van der Waals surface area (Å²) in [6.07, 6.45) is -0.167. The van der Waals surface area contributed by atoms with Gasteiger partial charge in [0.1, 0.15) is 30.3 Å². The minimum absolute atomic E-state index is 0.0401. The van der Waals surface area contributed by atoms with E-state index in [0.29, 0.717) is 18.5 Å². The summed E-state index contributed by atoms with van der Waals surface area (Å²) < 4.78 is 55.0. The third-order valence-corrected chi connectivity index (χ3v) is 10.0. The van der Waals surface area contributed by atoms with Gasteiger partial charge in [-0.15, -0.1) is 0 Å². The van der Waals surface area contributed by atoms with Crippen molar-refractivity contribution >= 4 is 84.2 Å². The molecule has 2 saturated heterocycles. The lowest BCUT2D eigenvalue weighted by Gasteiger charge is -2.31. The van der Waals surface area contributed by atoms with Crippen LogP contribution in [0.2, 0.25) is 0 Å². The molecule has 3 aromatic rings. The van der Waals surface area contributed by atoms with E-state index in [1.54, 1.807) is 11.6 Å². The number of H-pyrrole nitrogens is 1. The Kier molecular flexibility index (Phi) is 10.5. The van der Waals surface area contributed by atoms with Crippen molar-refractivity contribution in [1.82, 2.24) is 29.5 Å². The van der Waals surface area contributed by atoms with Gasteiger partial charge < -0.3 is 30.7 Å². The molecule has 6 N–H and O–H groups in total. The fourth-order valence-corrected chi connectivity index (χ4v) is 7.54. The number of fused-ring (bicyclic) bond motifs is 1. The monoisotopic (exact) mass is 725 g/mol. The lowest BCUT2D eigenvalue weighted by atomic mass is 10.2. The highest BCUT2D eigenvalue weighted by Gasteiger charge is 2.44. The number of likely N-dealkylation sites (N-methyl/N-ethyl adjacent to an activating group) is 1. The van der Waals surface area contributed by atoms with Gasteiger partial charge in [0.15, 0.2) is 23.0 Å². The second-order valence-corrected chi connectivity index (χ2v) is 16.3. The Morgan fingerprint density at radius 2 is 1.96 bits per heavy atom. The molecule has 2 fully saturated rings. The number of nitrogens with one attached hydrogen (secondary N) is 1. The van der Waals surface area contributed by atoms with Gasteiger partial charge in [0.2, 0.25) is 5.95 Å². The van der Waals surface area contributed by atoms with Gasteiger partial charge in [-0.2, -0.15) is 4.98 Å². The zero-order valence-corrected chi connectivity index (χ0v) is 27.7. The summed E-state index contributed by atoms with van der Waals surface area (Å²) in [7, 11) is 1.57. The summed E-state index contributed by atoms with van der Waals surface area (Å²) in [5, 5.41) is 0. The van der Waals surface area contributed by atoms with E-state index in [2.05, 4.69) is 49.4 Å². The van der Waals surface area contributed by atoms with Gasteiger partial charge in [0, 0.05) is 13.5 Å². The molecule has 0 radical (unpaired) electrons. The molecule has 19 nitrogen and oxygen atoms in total. The number of nitrogens with zero attached hydrogens (tertiary/aromatic N) is 6. The number of nitrogens with two attached hydrogens (primary N) is 2. The second-order valence-electron chi connectivity index (χ2n) is 9.88. The largest absolute Gasteiger partial charge is 0.386 e. The Bertz CT molecular complexity index is 1710. The van der Waals surface area contributed by atoms with Crippen LogP contribution in [0.25, 0.3) is 11.2 Å². The van der Waals surface area contributed by atoms with E-state index in [-0.39, 0.29) is 53.3 Å². The summed E-state index contributed by atoms with van der Waals surface area (Å²) in [6, 6.07) is 0. The summed E-state index contributed by atoms with van der Waals surface area (Å²) >= 11 is 8.43. The van der Waals surface area contributed by atoms with Gasteiger partial charge in [-0.05, 0) is 24.6 Å². The number of anilines is 3. The molecule has 45 heavy (non-hydrogen) atoms. The molecule has 5 rings (SSSR count). The number of carbonyl (C=O) groups is 1. The van der Waals surface area contributed by atoms with Crippen molar-refractivity contribution in [2.24, 2.45) is 0 Å². The van der Waals surface area contributed by atoms with E-state index in [0.717, 1.165) is 11.8 Å². The van der Waals surface area contributed by atoms with Gasteiger partial charge in [-0.25, -0.2) is 24.1 Å². The van der Waals surface area contributed by atoms with Gasteiger partial charge in [-0.1, -0.05) is 24.5 Å². The maximum Gasteiger partial charge on any atom is 0.386 e. The lowest BCUT2D eigenvalue weighted by Crippen LogP contribution is -2.41. The Morgan fingerprint density at radius 1 is 1.20 bits per heavy atom. The number of ether oxygens (including phenoxy) is 2. The number of thiol groups is 2. The molecule has 0 spiro atoms. The standard InChI is InChI=1S/C21H29N9O10P2S3/c1-29(18-15(45-9-31)16(22)24-7-25-18)20-12(4-11(39-20)6-36-41(33,34)43)40-42(35,44)37-5-10-2-3-13(38-10)30-8-26-14-17(30)27-21(23)28-19(14)32/h7-13,20H,2-6H2,1H3,(H,35,44)(H2,22,24,25)(H2,33,34,43)(H3,23,27,28,32). The average molecular weight is 726 g/mol. The highest BCUT2D eigenvalue weighted by Crippen LogP contribution is 2.56. The van der Waals surface area contributed by atoms with Gasteiger partial charge in [0.05, 0.1) is 36.6 Å². The number of hydrogen-bond donors (Lipinski definition) is 6. The fourth-order valence-electron chi connectivity index (χ4n) is 4.90. The van der Waals surface area contributed by atoms with E-state index < -0.39 is 49.9 Å². The zero-order valence-electron chi connectivity index (χ0n) is 23.3. The molecular weight excluding hydrogens is 696 g/mol. The van der Waals surface area contributed by atoms with Crippen molar-refractivity contribution in [3.63, 3.8) is 0 Å². The summed E-state index contributed by atoms with van der Waals surface area (Å²) in [5.74, 6) is 0.197. The number of imidazole rings is 1. The normalized spacial score (nSPS) is 26.1. The van der Waals surface area contributed by atoms with E-state index in [4.69, 9.17) is 34.5 Å². The molecule has 0 amide bonds. The predicted molar refractivity (Wildman–Crippen MR) is 169 cm³/mol. The number of hydrogen-bond acceptors (Lipinski definition) is 17. The third-order valence-electron chi connectivity index (χ3n) is 6.81. The van der Waals surface area contributed by atoms with Crippen LogP contribution in [0, 0.1) is 0 Å². The van der Waals surface area contributed by atoms with Crippen molar-refractivity contribution in [2.45, 2.75) is 54.9 Å². The molecule has 0 bridgehead atoms. The van der Waals surface area contributed by atoms with Crippen LogP contribution in [0.1, 0.15) is 25.5 Å². The first-order chi connectivity index (χ1) is 21.2. The van der Waals surface area contributed by atoms with Crippen LogP contribution in [-0.2, 0) is 37.0 Å². The molecule has 0 saturated carbocycles. The molecule has 7 atom stereocenters. The quantitative estimate of drug-likeness (QED) is 0.0635. The summed E-state index contributed by atoms with van der Waals surface area (Å²) in [6.45, 7) is -8.70. The van der Waals surface area contributed by atoms with Crippen LogP contribution >= 0.6 is 49.9 Å². The highest BCUT2D eigenvalue weighted by atomic mass is 32.7. The molecular formula is C21H29N9O10P2S3. The second kappa shape index (κ2) is 13.9. The van der Waals surface area contributed by atoms with Gasteiger partial charge >= 0.3 is 13.6 Å². The van der Waals surface area contributed by atoms with Crippen LogP contribution in [0.3, 0.4) is 0 Å². The molecule has 246 valence electrons. The fraction of sp³-hybridized carbons (Fsp3) is 0.524. The number of rotatable bonds is 13. The topological polar surface area (TPSA) is 262 Å². The number of carbonyl (C=O) groups excluding carboxylic acids is 1. The smallest absolute Gasteiger partial charge is 0.383 e. The first-order valence-corrected chi connectivity index (χ1v) is 19.4. The first-order valence-electron chi connectivity index (χ1n) is 13.1. The Hall–Kier alpha value is -2.23. The SMILES string of the molecule is CN(c1ncnc(N)c1SC=O)C1OC(COP(=O)(O)S)CC1OP(=O)(S)OCC1CCC(n2cnc3c(=O)[nH]c(N)nc32)O1. The summed E-state index contributed by atoms with van der Waals surface area (Å²) in [4.78, 5) is 53.3. The van der Waals surface area contributed by atoms with Crippen molar-refractivity contribution in [2.75, 3.05) is 36.6 Å². The van der Waals surface area contributed by atoms with Crippen molar-refractivity contribution in [3.05, 3.63) is 23.0 Å². The van der Waals surface area contributed by atoms with Crippen LogP contribution in [-0.4, -0.2) is 84.8 Å². The molecule has 3 aromatic heterocycles. The molecule has 0 aromatic carbocycles. The number of aromatic nitrogens is 6. The summed E-state index contributed by atoms with van der Waals surface area (Å²) in [5.41, 5.74) is 12.1. The number of thioether (sulfide) groups is 1. The maximum absolute atomic E-state index is 13.4. The molecule has 24 heteroatoms. The molecule has 2 aliphatic rings. The number of aromatic amines is 1. The van der Waals surface area contributed by atoms with Gasteiger partial charge in [0.25, 0.3) is 5.56 Å². The molecule has 7 unspecified atom stereocenters. The van der Waals surface area contributed by atoms with Crippen LogP contribution in [0.15, 0.2) is 22.3 Å². The van der Waals surface area contributed by atoms with E-state index >= 15 is 0 Å². The Balaban J connectivity index is 1.26. The minimum atomic E-state index is -4.13. The molecule has 5 heterocycles.